The summed E-state index contributed by atoms with van der Waals surface area (Å²) in [5.41, 5.74) is 8.38. The number of hydrogen-bond donors (Lipinski definition) is 3. The van der Waals surface area contributed by atoms with Crippen molar-refractivity contribution in [3.63, 3.8) is 0 Å². The van der Waals surface area contributed by atoms with Gasteiger partial charge in [-0.15, -0.1) is 5.53 Å². The summed E-state index contributed by atoms with van der Waals surface area (Å²) in [5.74, 6) is 1.68. The van der Waals surface area contributed by atoms with Crippen molar-refractivity contribution >= 4 is 34.7 Å². The topological polar surface area (TPSA) is 122 Å². The molecule has 0 aliphatic carbocycles. The van der Waals surface area contributed by atoms with Gasteiger partial charge < -0.3 is 14.8 Å². The van der Waals surface area contributed by atoms with Crippen LogP contribution in [0.3, 0.4) is 0 Å². The van der Waals surface area contributed by atoms with Gasteiger partial charge in [-0.25, -0.2) is 15.0 Å². The molecule has 0 radical (unpaired) electrons. The Labute approximate surface area is 171 Å². The number of amides is 1. The zero-order valence-corrected chi connectivity index (χ0v) is 16.1. The average Bonchev–Trinajstić information content (AvgIpc) is 3.41. The van der Waals surface area contributed by atoms with Gasteiger partial charge in [-0.1, -0.05) is 0 Å². The first-order valence-corrected chi connectivity index (χ1v) is 9.24. The van der Waals surface area contributed by atoms with E-state index in [4.69, 9.17) is 9.47 Å². The second kappa shape index (κ2) is 7.50. The number of methoxy groups -OCH3 is 1. The molecule has 3 N–H and O–H groups in total. The van der Waals surface area contributed by atoms with Crippen molar-refractivity contribution in [2.24, 2.45) is 0 Å². The van der Waals surface area contributed by atoms with Gasteiger partial charge in [-0.05, 0) is 24.3 Å². The third-order valence-electron chi connectivity index (χ3n) is 4.65. The summed E-state index contributed by atoms with van der Waals surface area (Å²) in [5, 5.41) is 10.7. The van der Waals surface area contributed by atoms with E-state index in [1.165, 1.54) is 9.80 Å². The number of aromatic nitrogens is 4. The maximum atomic E-state index is 12.0. The Kier molecular flexibility index (Phi) is 4.53. The fourth-order valence-electron chi connectivity index (χ4n) is 3.14. The van der Waals surface area contributed by atoms with Crippen LogP contribution in [0.2, 0.25) is 0 Å². The van der Waals surface area contributed by atoms with Crippen LogP contribution in [0.25, 0.3) is 0 Å². The highest BCUT2D eigenvalue weighted by molar-refractivity contribution is 5.87. The monoisotopic (exact) mass is 409 g/mol. The molecule has 4 heterocycles. The molecule has 1 amide bonds. The molecular weight excluding hydrogens is 390 g/mol. The SMILES string of the molecule is COc1ccc(N2NNc3cnc(Nc4cnn(N5CCOCC5=O)c4)nc32)cc1. The number of anilines is 5. The lowest BCUT2D eigenvalue weighted by Crippen LogP contribution is -2.48. The van der Waals surface area contributed by atoms with E-state index < -0.39 is 0 Å². The third kappa shape index (κ3) is 3.33. The lowest BCUT2D eigenvalue weighted by atomic mass is 10.3. The van der Waals surface area contributed by atoms with Crippen LogP contribution in [-0.4, -0.2) is 52.6 Å². The van der Waals surface area contributed by atoms with Crippen molar-refractivity contribution in [2.75, 3.05) is 47.6 Å². The van der Waals surface area contributed by atoms with Gasteiger partial charge in [-0.3, -0.25) is 10.2 Å². The Balaban J connectivity index is 1.35. The Hall–Kier alpha value is -3.90. The molecule has 0 atom stereocenters. The molecular formula is C18H19N9O3. The second-order valence-electron chi connectivity index (χ2n) is 6.54. The lowest BCUT2D eigenvalue weighted by molar-refractivity contribution is -0.128. The third-order valence-corrected chi connectivity index (χ3v) is 4.65. The molecule has 12 heteroatoms. The van der Waals surface area contributed by atoms with Gasteiger partial charge in [0.25, 0.3) is 5.91 Å². The van der Waals surface area contributed by atoms with Gasteiger partial charge in [0, 0.05) is 0 Å². The van der Waals surface area contributed by atoms with Crippen LogP contribution in [0.4, 0.5) is 28.8 Å². The highest BCUT2D eigenvalue weighted by Gasteiger charge is 2.24. The molecule has 0 bridgehead atoms. The Morgan fingerprint density at radius 3 is 2.90 bits per heavy atom. The predicted octanol–water partition coefficient (Wildman–Crippen LogP) is 0.903. The first-order valence-electron chi connectivity index (χ1n) is 9.24. The second-order valence-corrected chi connectivity index (χ2v) is 6.54. The highest BCUT2D eigenvalue weighted by Crippen LogP contribution is 2.33. The molecule has 2 aliphatic rings. The van der Waals surface area contributed by atoms with E-state index in [1.807, 2.05) is 24.3 Å². The standard InChI is InChI=1S/C18H19N9O3/c1-29-14-4-2-13(3-5-14)27-17-15(23-24-27)9-19-18(22-17)21-12-8-20-26(10-12)25-6-7-30-11-16(25)28/h2-5,8-10,23-24H,6-7,11H2,1H3,(H,19,21,22). The number of nitrogens with one attached hydrogen (secondary N) is 3. The molecule has 30 heavy (non-hydrogen) atoms. The quantitative estimate of drug-likeness (QED) is 0.560. The minimum atomic E-state index is -0.142. The molecule has 0 unspecified atom stereocenters. The van der Waals surface area contributed by atoms with E-state index in [0.29, 0.717) is 30.6 Å². The molecule has 154 valence electrons. The Morgan fingerprint density at radius 2 is 2.10 bits per heavy atom. The summed E-state index contributed by atoms with van der Waals surface area (Å²) in [6.45, 7) is 0.977. The van der Waals surface area contributed by atoms with Crippen LogP contribution in [0.1, 0.15) is 0 Å². The van der Waals surface area contributed by atoms with Crippen molar-refractivity contribution in [3.05, 3.63) is 42.9 Å². The number of benzene rings is 1. The van der Waals surface area contributed by atoms with Gasteiger partial charge in [0.05, 0.1) is 50.2 Å². The molecule has 1 aromatic carbocycles. The van der Waals surface area contributed by atoms with Crippen molar-refractivity contribution in [1.29, 1.82) is 0 Å². The van der Waals surface area contributed by atoms with Crippen molar-refractivity contribution in [1.82, 2.24) is 25.4 Å². The molecule has 1 fully saturated rings. The fraction of sp³-hybridized carbons (Fsp3) is 0.222. The van der Waals surface area contributed by atoms with Crippen molar-refractivity contribution in [3.8, 4) is 5.75 Å². The largest absolute Gasteiger partial charge is 0.497 e. The Bertz CT molecular complexity index is 1070. The number of morpholine rings is 1. The molecule has 5 rings (SSSR count). The predicted molar refractivity (Wildman–Crippen MR) is 108 cm³/mol. The fourth-order valence-corrected chi connectivity index (χ4v) is 3.14. The lowest BCUT2D eigenvalue weighted by Gasteiger charge is -2.25. The van der Waals surface area contributed by atoms with Gasteiger partial charge in [-0.2, -0.15) is 14.9 Å². The van der Waals surface area contributed by atoms with E-state index in [9.17, 15) is 4.79 Å². The minimum Gasteiger partial charge on any atom is -0.497 e. The average molecular weight is 409 g/mol. The molecule has 3 aromatic rings. The van der Waals surface area contributed by atoms with Gasteiger partial charge in [0.2, 0.25) is 5.95 Å². The van der Waals surface area contributed by atoms with Crippen LogP contribution in [-0.2, 0) is 9.53 Å². The minimum absolute atomic E-state index is 0.0533. The number of rotatable bonds is 5. The number of carbonyl (C=O) groups excluding carboxylic acids is 1. The van der Waals surface area contributed by atoms with E-state index in [0.717, 1.165) is 17.1 Å². The Morgan fingerprint density at radius 1 is 1.23 bits per heavy atom. The summed E-state index contributed by atoms with van der Waals surface area (Å²) in [6, 6.07) is 7.58. The van der Waals surface area contributed by atoms with Crippen molar-refractivity contribution < 1.29 is 14.3 Å². The molecule has 0 saturated carbocycles. The number of carbonyl (C=O) groups is 1. The first-order chi connectivity index (χ1) is 14.7. The molecule has 2 aliphatic heterocycles. The number of nitrogens with zero attached hydrogens (tertiary/aromatic N) is 6. The van der Waals surface area contributed by atoms with Crippen LogP contribution in [0.15, 0.2) is 42.9 Å². The highest BCUT2D eigenvalue weighted by atomic mass is 16.5. The smallest absolute Gasteiger partial charge is 0.268 e. The van der Waals surface area contributed by atoms with Crippen molar-refractivity contribution in [2.45, 2.75) is 0 Å². The van der Waals surface area contributed by atoms with Gasteiger partial charge in [0.15, 0.2) is 5.82 Å². The summed E-state index contributed by atoms with van der Waals surface area (Å²) in [6.07, 6.45) is 4.99. The molecule has 0 spiro atoms. The maximum absolute atomic E-state index is 12.0. The van der Waals surface area contributed by atoms with Crippen LogP contribution in [0, 0.1) is 0 Å². The normalized spacial score (nSPS) is 15.7. The van der Waals surface area contributed by atoms with E-state index >= 15 is 0 Å². The van der Waals surface area contributed by atoms with E-state index in [-0.39, 0.29) is 12.5 Å². The molecule has 2 aromatic heterocycles. The zero-order chi connectivity index (χ0) is 20.5. The molecule has 1 saturated heterocycles. The number of fused-ring (bicyclic) bond motifs is 1. The number of ether oxygens (including phenoxy) is 2. The maximum Gasteiger partial charge on any atom is 0.268 e. The van der Waals surface area contributed by atoms with Crippen LogP contribution >= 0.6 is 0 Å². The summed E-state index contributed by atoms with van der Waals surface area (Å²) in [7, 11) is 1.63. The number of hydrogen-bond acceptors (Lipinski definition) is 10. The summed E-state index contributed by atoms with van der Waals surface area (Å²) < 4.78 is 10.4. The summed E-state index contributed by atoms with van der Waals surface area (Å²) in [4.78, 5) is 22.4. The molecule has 12 nitrogen and oxygen atoms in total. The van der Waals surface area contributed by atoms with Crippen LogP contribution < -0.4 is 31.0 Å². The summed E-state index contributed by atoms with van der Waals surface area (Å²) >= 11 is 0. The van der Waals surface area contributed by atoms with Crippen LogP contribution in [0.5, 0.6) is 5.75 Å². The van der Waals surface area contributed by atoms with E-state index in [2.05, 4.69) is 31.3 Å². The first kappa shape index (κ1) is 18.1. The zero-order valence-electron chi connectivity index (χ0n) is 16.1. The number of hydrazine groups is 2. The van der Waals surface area contributed by atoms with Gasteiger partial charge >= 0.3 is 0 Å². The van der Waals surface area contributed by atoms with E-state index in [1.54, 1.807) is 30.7 Å². The van der Waals surface area contributed by atoms with Gasteiger partial charge in [0.1, 0.15) is 18.0 Å².